The number of nitrogens with one attached hydrogen (secondary N) is 1. The zero-order valence-corrected chi connectivity index (χ0v) is 11.0. The van der Waals surface area contributed by atoms with Crippen molar-refractivity contribution in [3.8, 4) is 0 Å². The van der Waals surface area contributed by atoms with Crippen LogP contribution in [0.25, 0.3) is 0 Å². The van der Waals surface area contributed by atoms with Gasteiger partial charge in [-0.05, 0) is 0 Å². The zero-order valence-electron chi connectivity index (χ0n) is 10.2. The second-order valence-corrected chi connectivity index (χ2v) is 4.12. The van der Waals surface area contributed by atoms with E-state index in [0.29, 0.717) is 29.9 Å². The van der Waals surface area contributed by atoms with Crippen LogP contribution in [0.5, 0.6) is 0 Å². The van der Waals surface area contributed by atoms with Crippen molar-refractivity contribution in [1.82, 2.24) is 19.5 Å². The molecule has 0 aliphatic carbocycles. The number of imidazole rings is 1. The molecule has 18 heavy (non-hydrogen) atoms. The van der Waals surface area contributed by atoms with Gasteiger partial charge in [-0.1, -0.05) is 11.6 Å². The minimum absolute atomic E-state index is 0.331. The molecule has 96 valence electrons. The third-order valence-electron chi connectivity index (χ3n) is 2.36. The molecule has 0 aliphatic rings. The highest BCUT2D eigenvalue weighted by Gasteiger charge is 2.04. The van der Waals surface area contributed by atoms with Crippen LogP contribution in [0.1, 0.15) is 11.6 Å². The number of aromatic nitrogens is 4. The van der Waals surface area contributed by atoms with E-state index in [0.717, 1.165) is 5.82 Å². The van der Waals surface area contributed by atoms with Crippen molar-refractivity contribution >= 4 is 17.4 Å². The van der Waals surface area contributed by atoms with Crippen molar-refractivity contribution in [2.45, 2.75) is 13.2 Å². The van der Waals surface area contributed by atoms with Crippen LogP contribution >= 0.6 is 11.6 Å². The van der Waals surface area contributed by atoms with Gasteiger partial charge in [-0.2, -0.15) is 0 Å². The zero-order chi connectivity index (χ0) is 13.0. The highest BCUT2D eigenvalue weighted by atomic mass is 35.5. The summed E-state index contributed by atoms with van der Waals surface area (Å²) in [5.41, 5.74) is 0. The second-order valence-electron chi connectivity index (χ2n) is 3.73. The first-order valence-corrected chi connectivity index (χ1v) is 5.79. The number of hydrogen-bond acceptors (Lipinski definition) is 5. The number of ether oxygens (including phenoxy) is 1. The highest BCUT2D eigenvalue weighted by Crippen LogP contribution is 2.12. The fourth-order valence-electron chi connectivity index (χ4n) is 1.49. The van der Waals surface area contributed by atoms with Gasteiger partial charge in [0.15, 0.2) is 5.82 Å². The lowest BCUT2D eigenvalue weighted by molar-refractivity contribution is 0.178. The molecule has 0 saturated heterocycles. The highest BCUT2D eigenvalue weighted by molar-refractivity contribution is 6.29. The lowest BCUT2D eigenvalue weighted by Crippen LogP contribution is -2.08. The smallest absolute Gasteiger partial charge is 0.158 e. The third-order valence-corrected chi connectivity index (χ3v) is 2.56. The molecule has 0 atom stereocenters. The molecular formula is C11H14ClN5O. The van der Waals surface area contributed by atoms with Gasteiger partial charge < -0.3 is 14.6 Å². The molecule has 0 radical (unpaired) electrons. The normalized spacial score (nSPS) is 10.6. The van der Waals surface area contributed by atoms with Gasteiger partial charge in [0.2, 0.25) is 0 Å². The average molecular weight is 268 g/mol. The Morgan fingerprint density at radius 3 is 2.94 bits per heavy atom. The van der Waals surface area contributed by atoms with E-state index < -0.39 is 0 Å². The Labute approximate surface area is 110 Å². The van der Waals surface area contributed by atoms with Crippen molar-refractivity contribution in [2.75, 3.05) is 12.4 Å². The minimum atomic E-state index is 0.331. The maximum Gasteiger partial charge on any atom is 0.158 e. The largest absolute Gasteiger partial charge is 0.377 e. The second kappa shape index (κ2) is 5.79. The number of hydrogen-bond donors (Lipinski definition) is 1. The summed E-state index contributed by atoms with van der Waals surface area (Å²) in [6.07, 6.45) is 3.64. The fourth-order valence-corrected chi connectivity index (χ4v) is 1.69. The van der Waals surface area contributed by atoms with Crippen LogP contribution in [0.15, 0.2) is 18.5 Å². The predicted molar refractivity (Wildman–Crippen MR) is 68.3 cm³/mol. The van der Waals surface area contributed by atoms with Crippen LogP contribution in [0.3, 0.4) is 0 Å². The molecule has 2 heterocycles. The van der Waals surface area contributed by atoms with E-state index in [4.69, 9.17) is 16.3 Å². The Morgan fingerprint density at radius 2 is 2.28 bits per heavy atom. The Hall–Kier alpha value is -1.66. The quantitative estimate of drug-likeness (QED) is 0.834. The number of methoxy groups -OCH3 is 1. The van der Waals surface area contributed by atoms with Gasteiger partial charge in [0.25, 0.3) is 0 Å². The van der Waals surface area contributed by atoms with Crippen LogP contribution in [0, 0.1) is 0 Å². The van der Waals surface area contributed by atoms with E-state index >= 15 is 0 Å². The summed E-state index contributed by atoms with van der Waals surface area (Å²) < 4.78 is 6.92. The summed E-state index contributed by atoms with van der Waals surface area (Å²) in [4.78, 5) is 12.5. The van der Waals surface area contributed by atoms with Crippen molar-refractivity contribution in [1.29, 1.82) is 0 Å². The lowest BCUT2D eigenvalue weighted by atomic mass is 10.5. The average Bonchev–Trinajstić information content (AvgIpc) is 2.72. The van der Waals surface area contributed by atoms with E-state index in [1.807, 2.05) is 17.8 Å². The fraction of sp³-hybridized carbons (Fsp3) is 0.364. The molecular weight excluding hydrogens is 254 g/mol. The number of rotatable bonds is 5. The van der Waals surface area contributed by atoms with E-state index in [2.05, 4.69) is 20.3 Å². The molecule has 7 heteroatoms. The number of halogens is 1. The van der Waals surface area contributed by atoms with Crippen molar-refractivity contribution in [2.24, 2.45) is 7.05 Å². The Bertz CT molecular complexity index is 528. The summed E-state index contributed by atoms with van der Waals surface area (Å²) in [6.45, 7) is 0.904. The maximum atomic E-state index is 5.91. The molecule has 0 aliphatic heterocycles. The van der Waals surface area contributed by atoms with Crippen LogP contribution in [0.4, 0.5) is 5.82 Å². The van der Waals surface area contributed by atoms with Crippen LogP contribution in [-0.4, -0.2) is 26.6 Å². The minimum Gasteiger partial charge on any atom is -0.377 e. The van der Waals surface area contributed by atoms with Crippen LogP contribution in [0.2, 0.25) is 5.15 Å². The topological polar surface area (TPSA) is 64.9 Å². The first-order chi connectivity index (χ1) is 8.69. The molecule has 6 nitrogen and oxygen atoms in total. The summed E-state index contributed by atoms with van der Waals surface area (Å²) in [7, 11) is 3.53. The first kappa shape index (κ1) is 12.8. The molecule has 2 rings (SSSR count). The van der Waals surface area contributed by atoms with Gasteiger partial charge >= 0.3 is 0 Å². The Kier molecular flexibility index (Phi) is 4.11. The van der Waals surface area contributed by atoms with Crippen molar-refractivity contribution in [3.63, 3.8) is 0 Å². The van der Waals surface area contributed by atoms with Gasteiger partial charge in [-0.25, -0.2) is 15.0 Å². The molecule has 2 aromatic heterocycles. The standard InChI is InChI=1S/C11H14ClN5O/c1-17-4-3-13-11(17)6-14-9-5-8(12)15-10(16-9)7-18-2/h3-5H,6-7H2,1-2H3,(H,14,15,16). The molecule has 0 saturated carbocycles. The lowest BCUT2D eigenvalue weighted by Gasteiger charge is -2.07. The number of anilines is 1. The van der Waals surface area contributed by atoms with E-state index in [1.54, 1.807) is 19.4 Å². The van der Waals surface area contributed by atoms with Gasteiger partial charge in [0.1, 0.15) is 23.4 Å². The molecule has 0 aromatic carbocycles. The summed E-state index contributed by atoms with van der Waals surface area (Å²) in [5.74, 6) is 2.12. The van der Waals surface area contributed by atoms with Gasteiger partial charge in [-0.3, -0.25) is 0 Å². The van der Waals surface area contributed by atoms with Gasteiger partial charge in [0.05, 0.1) is 6.54 Å². The first-order valence-electron chi connectivity index (χ1n) is 5.41. The molecule has 1 N–H and O–H groups in total. The van der Waals surface area contributed by atoms with Crippen LogP contribution < -0.4 is 5.32 Å². The monoisotopic (exact) mass is 267 g/mol. The maximum absolute atomic E-state index is 5.91. The predicted octanol–water partition coefficient (Wildman–Crippen LogP) is 1.62. The SMILES string of the molecule is COCc1nc(Cl)cc(NCc2nccn2C)n1. The van der Waals surface area contributed by atoms with Crippen molar-refractivity contribution < 1.29 is 4.74 Å². The Morgan fingerprint density at radius 1 is 1.44 bits per heavy atom. The van der Waals surface area contributed by atoms with E-state index in [-0.39, 0.29) is 0 Å². The molecule has 0 amide bonds. The van der Waals surface area contributed by atoms with E-state index in [1.165, 1.54) is 0 Å². The van der Waals surface area contributed by atoms with Gasteiger partial charge in [-0.15, -0.1) is 0 Å². The summed E-state index contributed by atoms with van der Waals surface area (Å²) in [6, 6.07) is 1.67. The summed E-state index contributed by atoms with van der Waals surface area (Å²) >= 11 is 5.91. The molecule has 0 spiro atoms. The molecule has 0 fully saturated rings. The van der Waals surface area contributed by atoms with Gasteiger partial charge in [0, 0.05) is 32.6 Å². The van der Waals surface area contributed by atoms with E-state index in [9.17, 15) is 0 Å². The van der Waals surface area contributed by atoms with Crippen LogP contribution in [-0.2, 0) is 24.9 Å². The Balaban J connectivity index is 2.07. The van der Waals surface area contributed by atoms with Crippen molar-refractivity contribution in [3.05, 3.63) is 35.3 Å². The number of nitrogens with zero attached hydrogens (tertiary/aromatic N) is 4. The third kappa shape index (κ3) is 3.18. The molecule has 0 unspecified atom stereocenters. The summed E-state index contributed by atoms with van der Waals surface area (Å²) in [5, 5.41) is 3.54. The molecule has 0 bridgehead atoms. The number of aryl methyl sites for hydroxylation is 1. The molecule has 2 aromatic rings.